The number of benzene rings is 1. The highest BCUT2D eigenvalue weighted by Gasteiger charge is 2.18. The van der Waals surface area contributed by atoms with E-state index in [0.29, 0.717) is 13.2 Å². The number of ether oxygens (including phenoxy) is 1. The van der Waals surface area contributed by atoms with Crippen LogP contribution < -0.4 is 5.32 Å². The lowest BCUT2D eigenvalue weighted by Gasteiger charge is -2.28. The van der Waals surface area contributed by atoms with Gasteiger partial charge in [-0.3, -0.25) is 0 Å². The molecule has 0 saturated heterocycles. The topological polar surface area (TPSA) is 41.5 Å². The van der Waals surface area contributed by atoms with Crippen molar-refractivity contribution < 1.29 is 9.84 Å². The number of aryl methyl sites for hydroxylation is 1. The second-order valence-electron chi connectivity index (χ2n) is 6.29. The molecule has 20 heavy (non-hydrogen) atoms. The lowest BCUT2D eigenvalue weighted by Crippen LogP contribution is -2.44. The Balaban J connectivity index is 2.27. The maximum Gasteiger partial charge on any atom is 0.0898 e. The van der Waals surface area contributed by atoms with Crippen LogP contribution in [0.2, 0.25) is 0 Å². The van der Waals surface area contributed by atoms with Crippen molar-refractivity contribution in [3.8, 4) is 0 Å². The summed E-state index contributed by atoms with van der Waals surface area (Å²) < 4.78 is 5.41. The fourth-order valence-corrected chi connectivity index (χ4v) is 1.95. The first-order valence-electron chi connectivity index (χ1n) is 7.48. The molecule has 0 bridgehead atoms. The third-order valence-electron chi connectivity index (χ3n) is 3.32. The van der Waals surface area contributed by atoms with Crippen LogP contribution in [0.15, 0.2) is 30.3 Å². The fourth-order valence-electron chi connectivity index (χ4n) is 1.95. The third kappa shape index (κ3) is 7.63. The molecule has 0 aromatic heterocycles. The lowest BCUT2D eigenvalue weighted by molar-refractivity contribution is 0.00388. The molecule has 0 saturated carbocycles. The second kappa shape index (κ2) is 8.40. The summed E-state index contributed by atoms with van der Waals surface area (Å²) in [6.07, 6.45) is 1.79. The van der Waals surface area contributed by atoms with Gasteiger partial charge in [0.1, 0.15) is 0 Å². The Kier molecular flexibility index (Phi) is 7.20. The van der Waals surface area contributed by atoms with Gasteiger partial charge < -0.3 is 15.2 Å². The molecule has 2 N–H and O–H groups in total. The highest BCUT2D eigenvalue weighted by Crippen LogP contribution is 2.13. The summed E-state index contributed by atoms with van der Waals surface area (Å²) in [5, 5.41) is 13.3. The Morgan fingerprint density at radius 1 is 1.20 bits per heavy atom. The molecule has 3 heteroatoms. The van der Waals surface area contributed by atoms with Crippen LogP contribution in [-0.2, 0) is 11.2 Å². The number of nitrogens with one attached hydrogen (secondary N) is 1. The zero-order valence-electron chi connectivity index (χ0n) is 13.2. The third-order valence-corrected chi connectivity index (χ3v) is 3.32. The van der Waals surface area contributed by atoms with E-state index in [1.54, 1.807) is 0 Å². The number of hydrogen-bond donors (Lipinski definition) is 2. The van der Waals surface area contributed by atoms with Crippen LogP contribution in [0.1, 0.15) is 39.7 Å². The van der Waals surface area contributed by atoms with Gasteiger partial charge in [0, 0.05) is 12.1 Å². The molecule has 0 heterocycles. The molecule has 0 aliphatic carbocycles. The Morgan fingerprint density at radius 3 is 2.45 bits per heavy atom. The van der Waals surface area contributed by atoms with E-state index in [9.17, 15) is 5.11 Å². The predicted octanol–water partition coefficient (Wildman–Crippen LogP) is 2.77. The largest absolute Gasteiger partial charge is 0.389 e. The highest BCUT2D eigenvalue weighted by atomic mass is 16.5. The van der Waals surface area contributed by atoms with Gasteiger partial charge in [0.25, 0.3) is 0 Å². The molecular weight excluding hydrogens is 250 g/mol. The number of aliphatic hydroxyl groups excluding tert-OH is 1. The minimum Gasteiger partial charge on any atom is -0.389 e. The first-order valence-corrected chi connectivity index (χ1v) is 7.48. The van der Waals surface area contributed by atoms with Gasteiger partial charge in [-0.15, -0.1) is 0 Å². The van der Waals surface area contributed by atoms with Crippen molar-refractivity contribution in [2.45, 2.75) is 58.3 Å². The van der Waals surface area contributed by atoms with Crippen LogP contribution in [0.25, 0.3) is 0 Å². The molecule has 114 valence electrons. The average Bonchev–Trinajstić information content (AvgIpc) is 2.42. The van der Waals surface area contributed by atoms with Gasteiger partial charge in [0.15, 0.2) is 0 Å². The van der Waals surface area contributed by atoms with E-state index >= 15 is 0 Å². The molecule has 1 rings (SSSR count). The standard InChI is InChI=1S/C17H29NO2/c1-14(2)20-13-16(19)12-18-17(3,4)11-10-15-8-6-5-7-9-15/h5-9,14,16,18-19H,10-13H2,1-4H3. The molecule has 1 unspecified atom stereocenters. The zero-order chi connectivity index (χ0) is 15.0. The fraction of sp³-hybridized carbons (Fsp3) is 0.647. The van der Waals surface area contributed by atoms with Crippen LogP contribution in [0.3, 0.4) is 0 Å². The minimum atomic E-state index is -0.451. The number of hydrogen-bond acceptors (Lipinski definition) is 3. The van der Waals surface area contributed by atoms with Crippen molar-refractivity contribution in [2.24, 2.45) is 0 Å². The molecule has 1 atom stereocenters. The molecule has 3 nitrogen and oxygen atoms in total. The van der Waals surface area contributed by atoms with Gasteiger partial charge in [-0.2, -0.15) is 0 Å². The van der Waals surface area contributed by atoms with Crippen molar-refractivity contribution in [2.75, 3.05) is 13.2 Å². The molecule has 0 aliphatic heterocycles. The summed E-state index contributed by atoms with van der Waals surface area (Å²) in [5.74, 6) is 0. The van der Waals surface area contributed by atoms with Gasteiger partial charge in [-0.25, -0.2) is 0 Å². The van der Waals surface area contributed by atoms with Crippen LogP contribution in [0.5, 0.6) is 0 Å². The van der Waals surface area contributed by atoms with Crippen molar-refractivity contribution in [3.63, 3.8) is 0 Å². The van der Waals surface area contributed by atoms with E-state index < -0.39 is 6.10 Å². The van der Waals surface area contributed by atoms with Gasteiger partial charge in [-0.05, 0) is 46.1 Å². The van der Waals surface area contributed by atoms with E-state index in [0.717, 1.165) is 12.8 Å². The molecule has 0 radical (unpaired) electrons. The summed E-state index contributed by atoms with van der Waals surface area (Å²) in [6.45, 7) is 9.25. The van der Waals surface area contributed by atoms with Gasteiger partial charge in [-0.1, -0.05) is 30.3 Å². The first kappa shape index (κ1) is 17.2. The minimum absolute atomic E-state index is 0.00858. The smallest absolute Gasteiger partial charge is 0.0898 e. The highest BCUT2D eigenvalue weighted by molar-refractivity contribution is 5.15. The van der Waals surface area contributed by atoms with Gasteiger partial charge in [0.2, 0.25) is 0 Å². The number of rotatable bonds is 9. The van der Waals surface area contributed by atoms with Crippen molar-refractivity contribution in [1.29, 1.82) is 0 Å². The molecule has 1 aromatic carbocycles. The summed E-state index contributed by atoms with van der Waals surface area (Å²) in [4.78, 5) is 0. The van der Waals surface area contributed by atoms with Crippen molar-refractivity contribution in [1.82, 2.24) is 5.32 Å². The zero-order valence-corrected chi connectivity index (χ0v) is 13.2. The summed E-state index contributed by atoms with van der Waals surface area (Å²) >= 11 is 0. The Labute approximate surface area is 123 Å². The van der Waals surface area contributed by atoms with Crippen molar-refractivity contribution in [3.05, 3.63) is 35.9 Å². The molecule has 0 spiro atoms. The molecule has 0 aliphatic rings. The Morgan fingerprint density at radius 2 is 1.85 bits per heavy atom. The van der Waals surface area contributed by atoms with E-state index in [4.69, 9.17) is 4.74 Å². The summed E-state index contributed by atoms with van der Waals surface area (Å²) in [7, 11) is 0. The van der Waals surface area contributed by atoms with Crippen LogP contribution in [-0.4, -0.2) is 36.0 Å². The number of β-amino-alcohol motifs (C(OH)–C–C–N with tert-alkyl or cyclic N) is 1. The predicted molar refractivity (Wildman–Crippen MR) is 83.9 cm³/mol. The molecule has 0 amide bonds. The quantitative estimate of drug-likeness (QED) is 0.730. The van der Waals surface area contributed by atoms with Crippen LogP contribution >= 0.6 is 0 Å². The first-order chi connectivity index (χ1) is 9.39. The van der Waals surface area contributed by atoms with E-state index in [-0.39, 0.29) is 11.6 Å². The molecule has 0 fully saturated rings. The van der Waals surface area contributed by atoms with Gasteiger partial charge >= 0.3 is 0 Å². The average molecular weight is 279 g/mol. The molecular formula is C17H29NO2. The summed E-state index contributed by atoms with van der Waals surface area (Å²) in [5.41, 5.74) is 1.36. The number of aliphatic hydroxyl groups is 1. The van der Waals surface area contributed by atoms with Gasteiger partial charge in [0.05, 0.1) is 18.8 Å². The maximum atomic E-state index is 9.86. The Hall–Kier alpha value is -0.900. The molecule has 1 aromatic rings. The Bertz CT molecular complexity index is 363. The van der Waals surface area contributed by atoms with E-state index in [1.165, 1.54) is 5.56 Å². The maximum absolute atomic E-state index is 9.86. The van der Waals surface area contributed by atoms with E-state index in [1.807, 2.05) is 19.9 Å². The normalized spacial score (nSPS) is 13.7. The monoisotopic (exact) mass is 279 g/mol. The van der Waals surface area contributed by atoms with Crippen LogP contribution in [0.4, 0.5) is 0 Å². The SMILES string of the molecule is CC(C)OCC(O)CNC(C)(C)CCc1ccccc1. The van der Waals surface area contributed by atoms with Crippen molar-refractivity contribution >= 4 is 0 Å². The summed E-state index contributed by atoms with van der Waals surface area (Å²) in [6, 6.07) is 10.5. The lowest BCUT2D eigenvalue weighted by atomic mass is 9.95. The second-order valence-corrected chi connectivity index (χ2v) is 6.29. The van der Waals surface area contributed by atoms with Crippen LogP contribution in [0, 0.1) is 0 Å². The van der Waals surface area contributed by atoms with E-state index in [2.05, 4.69) is 43.4 Å².